The summed E-state index contributed by atoms with van der Waals surface area (Å²) in [6, 6.07) is 2.04. The fraction of sp³-hybridized carbons (Fsp3) is 0.143. The lowest BCUT2D eigenvalue weighted by Crippen LogP contribution is -2.21. The third-order valence-corrected chi connectivity index (χ3v) is 4.90. The van der Waals surface area contributed by atoms with Crippen LogP contribution in [0.5, 0.6) is 0 Å². The minimum atomic E-state index is -4.15. The fourth-order valence-corrected chi connectivity index (χ4v) is 3.42. The van der Waals surface area contributed by atoms with Crippen molar-refractivity contribution in [2.75, 3.05) is 12.8 Å². The second kappa shape index (κ2) is 4.42. The number of hydrogen-bond donors (Lipinski definition) is 3. The second-order valence-electron chi connectivity index (χ2n) is 3.08. The first-order valence-corrected chi connectivity index (χ1v) is 7.55. The molecule has 0 aromatic heterocycles. The zero-order chi connectivity index (χ0) is 13.4. The molecule has 1 rings (SSSR count). The van der Waals surface area contributed by atoms with Gasteiger partial charge in [0.25, 0.3) is 0 Å². The maximum atomic E-state index is 11.6. The lowest BCUT2D eigenvalue weighted by molar-refractivity contribution is 0.588. The molecule has 0 heterocycles. The summed E-state index contributed by atoms with van der Waals surface area (Å²) < 4.78 is 47.5. The largest absolute Gasteiger partial charge is 0.399 e. The summed E-state index contributed by atoms with van der Waals surface area (Å²) in [4.78, 5) is -0.973. The molecule has 0 amide bonds. The molecule has 0 atom stereocenters. The molecule has 0 unspecified atom stereocenters. The van der Waals surface area contributed by atoms with Gasteiger partial charge in [-0.05, 0) is 19.2 Å². The number of sulfonamides is 2. The molecule has 5 N–H and O–H groups in total. The van der Waals surface area contributed by atoms with Crippen molar-refractivity contribution in [3.63, 3.8) is 0 Å². The molecule has 0 radical (unpaired) electrons. The number of nitrogen functional groups attached to an aromatic ring is 1. The maximum absolute atomic E-state index is 11.6. The SMILES string of the molecule is CNS(=O)(=O)c1cc(N)cc(S(N)(=O)=O)c1Cl. The molecule has 0 bridgehead atoms. The first-order valence-electron chi connectivity index (χ1n) is 4.15. The van der Waals surface area contributed by atoms with Gasteiger partial charge in [-0.15, -0.1) is 0 Å². The molecule has 10 heteroatoms. The molecular formula is C7H10ClN3O4S2. The number of benzene rings is 1. The topological polar surface area (TPSA) is 132 Å². The summed E-state index contributed by atoms with van der Waals surface area (Å²) in [7, 11) is -6.91. The van der Waals surface area contributed by atoms with Crippen molar-refractivity contribution in [2.24, 2.45) is 5.14 Å². The van der Waals surface area contributed by atoms with E-state index in [2.05, 4.69) is 0 Å². The van der Waals surface area contributed by atoms with E-state index in [4.69, 9.17) is 22.5 Å². The molecule has 0 saturated carbocycles. The van der Waals surface area contributed by atoms with E-state index in [-0.39, 0.29) is 5.69 Å². The molecule has 0 spiro atoms. The van der Waals surface area contributed by atoms with Crippen LogP contribution in [0.2, 0.25) is 5.02 Å². The van der Waals surface area contributed by atoms with E-state index in [1.807, 2.05) is 4.72 Å². The van der Waals surface area contributed by atoms with Crippen LogP contribution in [-0.4, -0.2) is 23.9 Å². The molecule has 0 fully saturated rings. The zero-order valence-electron chi connectivity index (χ0n) is 8.64. The van der Waals surface area contributed by atoms with Crippen LogP contribution in [0.3, 0.4) is 0 Å². The number of primary sulfonamides is 1. The average molecular weight is 300 g/mol. The first kappa shape index (κ1) is 14.2. The van der Waals surface area contributed by atoms with Gasteiger partial charge >= 0.3 is 0 Å². The summed E-state index contributed by atoms with van der Waals surface area (Å²) in [6.45, 7) is 0. The Bertz CT molecular complexity index is 654. The Morgan fingerprint density at radius 3 is 2.06 bits per heavy atom. The average Bonchev–Trinajstić information content (AvgIpc) is 2.19. The second-order valence-corrected chi connectivity index (χ2v) is 6.85. The fourth-order valence-electron chi connectivity index (χ4n) is 1.11. The standard InChI is InChI=1S/C7H10ClN3O4S2/c1-11-17(14,15)6-3-4(9)2-5(7(6)8)16(10,12)13/h2-3,11H,9H2,1H3,(H2,10,12,13). The summed E-state index contributed by atoms with van der Waals surface area (Å²) in [5, 5.41) is 4.41. The quantitative estimate of drug-likeness (QED) is 0.646. The predicted molar refractivity (Wildman–Crippen MR) is 63.5 cm³/mol. The minimum absolute atomic E-state index is 0.0766. The lowest BCUT2D eigenvalue weighted by atomic mass is 10.3. The molecule has 96 valence electrons. The van der Waals surface area contributed by atoms with Crippen LogP contribution in [0.25, 0.3) is 0 Å². The molecule has 0 saturated heterocycles. The Morgan fingerprint density at radius 2 is 1.65 bits per heavy atom. The van der Waals surface area contributed by atoms with Gasteiger partial charge in [0.15, 0.2) is 0 Å². The Kier molecular flexibility index (Phi) is 3.69. The van der Waals surface area contributed by atoms with Gasteiger partial charge in [0.1, 0.15) is 9.79 Å². The van der Waals surface area contributed by atoms with E-state index in [0.29, 0.717) is 0 Å². The van der Waals surface area contributed by atoms with Gasteiger partial charge in [0.2, 0.25) is 20.0 Å². The normalized spacial score (nSPS) is 12.6. The summed E-state index contributed by atoms with van der Waals surface area (Å²) in [5.74, 6) is 0. The Hall–Kier alpha value is -0.870. The van der Waals surface area contributed by atoms with Crippen LogP contribution in [-0.2, 0) is 20.0 Å². The van der Waals surface area contributed by atoms with E-state index in [1.165, 1.54) is 0 Å². The van der Waals surface area contributed by atoms with Crippen LogP contribution in [0.1, 0.15) is 0 Å². The van der Waals surface area contributed by atoms with E-state index in [0.717, 1.165) is 19.2 Å². The van der Waals surface area contributed by atoms with Gasteiger partial charge in [-0.1, -0.05) is 11.6 Å². The van der Waals surface area contributed by atoms with Gasteiger partial charge in [-0.3, -0.25) is 0 Å². The van der Waals surface area contributed by atoms with E-state index in [9.17, 15) is 16.8 Å². The van der Waals surface area contributed by atoms with Crippen LogP contribution < -0.4 is 15.6 Å². The van der Waals surface area contributed by atoms with Gasteiger partial charge in [0, 0.05) is 5.69 Å². The molecule has 1 aromatic carbocycles. The highest BCUT2D eigenvalue weighted by molar-refractivity contribution is 7.90. The molecule has 1 aromatic rings. The molecule has 0 aliphatic carbocycles. The van der Waals surface area contributed by atoms with Crippen molar-refractivity contribution in [1.82, 2.24) is 4.72 Å². The number of nitrogens with two attached hydrogens (primary N) is 2. The van der Waals surface area contributed by atoms with Crippen LogP contribution >= 0.6 is 11.6 Å². The first-order chi connectivity index (χ1) is 7.59. The molecule has 0 aliphatic heterocycles. The zero-order valence-corrected chi connectivity index (χ0v) is 11.0. The molecule has 7 nitrogen and oxygen atoms in total. The number of halogens is 1. The van der Waals surface area contributed by atoms with Gasteiger partial charge in [-0.2, -0.15) is 0 Å². The molecule has 17 heavy (non-hydrogen) atoms. The van der Waals surface area contributed by atoms with Crippen molar-refractivity contribution in [3.8, 4) is 0 Å². The van der Waals surface area contributed by atoms with Gasteiger partial charge < -0.3 is 5.73 Å². The number of nitrogens with one attached hydrogen (secondary N) is 1. The summed E-state index contributed by atoms with van der Waals surface area (Å²) in [6.07, 6.45) is 0. The highest BCUT2D eigenvalue weighted by atomic mass is 35.5. The minimum Gasteiger partial charge on any atom is -0.399 e. The van der Waals surface area contributed by atoms with Crippen LogP contribution in [0.4, 0.5) is 5.69 Å². The molecular weight excluding hydrogens is 290 g/mol. The Morgan fingerprint density at radius 1 is 1.18 bits per heavy atom. The van der Waals surface area contributed by atoms with Crippen molar-refractivity contribution in [2.45, 2.75) is 9.79 Å². The lowest BCUT2D eigenvalue weighted by Gasteiger charge is -2.09. The highest BCUT2D eigenvalue weighted by Gasteiger charge is 2.23. The maximum Gasteiger partial charge on any atom is 0.241 e. The third-order valence-electron chi connectivity index (χ3n) is 1.89. The predicted octanol–water partition coefficient (Wildman–Crippen LogP) is -0.522. The monoisotopic (exact) mass is 299 g/mol. The van der Waals surface area contributed by atoms with Crippen LogP contribution in [0.15, 0.2) is 21.9 Å². The molecule has 0 aliphatic rings. The van der Waals surface area contributed by atoms with Crippen molar-refractivity contribution in [1.29, 1.82) is 0 Å². The summed E-state index contributed by atoms with van der Waals surface area (Å²) in [5.41, 5.74) is 5.33. The smallest absolute Gasteiger partial charge is 0.241 e. The van der Waals surface area contributed by atoms with Crippen LogP contribution in [0, 0.1) is 0 Å². The van der Waals surface area contributed by atoms with Crippen molar-refractivity contribution in [3.05, 3.63) is 17.2 Å². The number of anilines is 1. The van der Waals surface area contributed by atoms with Crippen molar-refractivity contribution >= 4 is 37.3 Å². The highest BCUT2D eigenvalue weighted by Crippen LogP contribution is 2.30. The van der Waals surface area contributed by atoms with Crippen molar-refractivity contribution < 1.29 is 16.8 Å². The summed E-state index contributed by atoms with van der Waals surface area (Å²) >= 11 is 5.69. The number of hydrogen-bond acceptors (Lipinski definition) is 5. The Labute approximate surface area is 104 Å². The third kappa shape index (κ3) is 2.87. The van der Waals surface area contributed by atoms with E-state index >= 15 is 0 Å². The van der Waals surface area contributed by atoms with E-state index in [1.54, 1.807) is 0 Å². The van der Waals surface area contributed by atoms with Gasteiger partial charge in [0.05, 0.1) is 5.02 Å². The van der Waals surface area contributed by atoms with E-state index < -0.39 is 34.9 Å². The Balaban J connectivity index is 3.74. The number of rotatable bonds is 3. The van der Waals surface area contributed by atoms with Gasteiger partial charge in [-0.25, -0.2) is 26.7 Å².